The summed E-state index contributed by atoms with van der Waals surface area (Å²) in [5.41, 5.74) is 0. The Kier molecular flexibility index (Phi) is 7.45. The predicted molar refractivity (Wildman–Crippen MR) is 52.3 cm³/mol. The van der Waals surface area contributed by atoms with E-state index < -0.39 is 0 Å². The number of aliphatic hydroxyl groups is 1. The topological polar surface area (TPSA) is 35.5 Å². The van der Waals surface area contributed by atoms with Gasteiger partial charge in [0.25, 0.3) is 0 Å². The zero-order valence-corrected chi connectivity index (χ0v) is 8.51. The molecule has 0 aromatic rings. The summed E-state index contributed by atoms with van der Waals surface area (Å²) in [6.07, 6.45) is 0. The number of hydrogen-bond acceptors (Lipinski definition) is 3. The first kappa shape index (κ1) is 11.9. The first-order chi connectivity index (χ1) is 5.74. The molecule has 0 amide bonds. The normalized spacial score (nSPS) is 13.8. The predicted octanol–water partition coefficient (Wildman–Crippen LogP) is 0.156. The molecule has 0 fully saturated rings. The molecule has 3 heteroatoms. The lowest BCUT2D eigenvalue weighted by molar-refractivity contribution is 0.184. The number of hydrogen-bond donors (Lipinski definition) is 2. The van der Waals surface area contributed by atoms with Crippen LogP contribution in [0.4, 0.5) is 0 Å². The van der Waals surface area contributed by atoms with Crippen LogP contribution in [0.5, 0.6) is 0 Å². The van der Waals surface area contributed by atoms with Gasteiger partial charge in [-0.1, -0.05) is 13.8 Å². The summed E-state index contributed by atoms with van der Waals surface area (Å²) in [5, 5.41) is 11.9. The van der Waals surface area contributed by atoms with Gasteiger partial charge in [-0.3, -0.25) is 0 Å². The minimum atomic E-state index is 0.264. The largest absolute Gasteiger partial charge is 0.395 e. The Bertz CT molecular complexity index is 98.5. The van der Waals surface area contributed by atoms with E-state index in [0.717, 1.165) is 26.2 Å². The third kappa shape index (κ3) is 5.52. The van der Waals surface area contributed by atoms with Gasteiger partial charge in [0.2, 0.25) is 0 Å². The molecule has 3 nitrogen and oxygen atoms in total. The highest BCUT2D eigenvalue weighted by Gasteiger charge is 2.06. The van der Waals surface area contributed by atoms with Crippen molar-refractivity contribution in [1.82, 2.24) is 10.2 Å². The lowest BCUT2D eigenvalue weighted by atomic mass is 10.1. The number of aliphatic hydroxyl groups excluding tert-OH is 1. The Labute approximate surface area is 75.8 Å². The smallest absolute Gasteiger partial charge is 0.0558 e. The van der Waals surface area contributed by atoms with Gasteiger partial charge in [-0.05, 0) is 26.1 Å². The fourth-order valence-electron chi connectivity index (χ4n) is 1.37. The van der Waals surface area contributed by atoms with Gasteiger partial charge in [0, 0.05) is 13.1 Å². The summed E-state index contributed by atoms with van der Waals surface area (Å²) in [7, 11) is 1.97. The summed E-state index contributed by atoms with van der Waals surface area (Å²) in [6.45, 7) is 8.54. The monoisotopic (exact) mass is 174 g/mol. The van der Waals surface area contributed by atoms with Crippen molar-refractivity contribution in [2.45, 2.75) is 13.8 Å². The van der Waals surface area contributed by atoms with Crippen LogP contribution in [0, 0.1) is 5.92 Å². The molecule has 0 aliphatic carbocycles. The first-order valence-corrected chi connectivity index (χ1v) is 4.72. The van der Waals surface area contributed by atoms with Gasteiger partial charge in [0.05, 0.1) is 6.61 Å². The second-order valence-electron chi connectivity index (χ2n) is 3.28. The standard InChI is InChI=1S/C9H22N2O/c1-4-11(5-6-12)8-9(2)7-10-3/h9-10,12H,4-8H2,1-3H3. The maximum absolute atomic E-state index is 8.75. The van der Waals surface area contributed by atoms with Gasteiger partial charge in [0.15, 0.2) is 0 Å². The average Bonchev–Trinajstić information content (AvgIpc) is 2.04. The highest BCUT2D eigenvalue weighted by Crippen LogP contribution is 1.97. The van der Waals surface area contributed by atoms with Crippen LogP contribution in [-0.2, 0) is 0 Å². The van der Waals surface area contributed by atoms with E-state index in [-0.39, 0.29) is 6.61 Å². The summed E-state index contributed by atoms with van der Waals surface area (Å²) in [6, 6.07) is 0. The SMILES string of the molecule is CCN(CCO)CC(C)CNC. The van der Waals surface area contributed by atoms with Crippen LogP contribution < -0.4 is 5.32 Å². The molecule has 0 saturated heterocycles. The van der Waals surface area contributed by atoms with Gasteiger partial charge in [-0.25, -0.2) is 0 Å². The molecule has 0 aliphatic heterocycles. The number of rotatable bonds is 7. The van der Waals surface area contributed by atoms with E-state index in [1.165, 1.54) is 0 Å². The quantitative estimate of drug-likeness (QED) is 0.577. The van der Waals surface area contributed by atoms with Crippen LogP contribution in [0.2, 0.25) is 0 Å². The zero-order chi connectivity index (χ0) is 9.40. The highest BCUT2D eigenvalue weighted by molar-refractivity contribution is 4.62. The van der Waals surface area contributed by atoms with Gasteiger partial charge in [0.1, 0.15) is 0 Å². The van der Waals surface area contributed by atoms with Crippen molar-refractivity contribution in [1.29, 1.82) is 0 Å². The molecule has 1 atom stereocenters. The van der Waals surface area contributed by atoms with Crippen molar-refractivity contribution in [3.8, 4) is 0 Å². The molecule has 0 saturated carbocycles. The van der Waals surface area contributed by atoms with Crippen LogP contribution >= 0.6 is 0 Å². The van der Waals surface area contributed by atoms with E-state index in [4.69, 9.17) is 5.11 Å². The number of nitrogens with zero attached hydrogens (tertiary/aromatic N) is 1. The van der Waals surface area contributed by atoms with Crippen molar-refractivity contribution in [3.63, 3.8) is 0 Å². The van der Waals surface area contributed by atoms with Gasteiger partial charge < -0.3 is 15.3 Å². The molecule has 0 spiro atoms. The maximum Gasteiger partial charge on any atom is 0.0558 e. The molecule has 74 valence electrons. The summed E-state index contributed by atoms with van der Waals surface area (Å²) in [5.74, 6) is 0.654. The van der Waals surface area contributed by atoms with Crippen LogP contribution in [0.25, 0.3) is 0 Å². The van der Waals surface area contributed by atoms with Gasteiger partial charge in [-0.15, -0.1) is 0 Å². The molecule has 0 rings (SSSR count). The molecule has 12 heavy (non-hydrogen) atoms. The van der Waals surface area contributed by atoms with E-state index in [1.807, 2.05) is 7.05 Å². The van der Waals surface area contributed by atoms with Gasteiger partial charge >= 0.3 is 0 Å². The molecular weight excluding hydrogens is 152 g/mol. The molecular formula is C9H22N2O. The molecule has 0 aromatic carbocycles. The molecule has 0 bridgehead atoms. The summed E-state index contributed by atoms with van der Waals surface area (Å²) >= 11 is 0. The fourth-order valence-corrected chi connectivity index (χ4v) is 1.37. The Morgan fingerprint density at radius 1 is 1.50 bits per heavy atom. The van der Waals surface area contributed by atoms with E-state index in [2.05, 4.69) is 24.1 Å². The lowest BCUT2D eigenvalue weighted by Crippen LogP contribution is -2.34. The second-order valence-corrected chi connectivity index (χ2v) is 3.28. The Hall–Kier alpha value is -0.120. The minimum Gasteiger partial charge on any atom is -0.395 e. The molecule has 0 radical (unpaired) electrons. The molecule has 0 heterocycles. The first-order valence-electron chi connectivity index (χ1n) is 4.72. The van der Waals surface area contributed by atoms with Crippen LogP contribution in [0.15, 0.2) is 0 Å². The Morgan fingerprint density at radius 2 is 2.17 bits per heavy atom. The third-order valence-corrected chi connectivity index (χ3v) is 1.99. The van der Waals surface area contributed by atoms with Crippen molar-refractivity contribution < 1.29 is 5.11 Å². The number of nitrogens with one attached hydrogen (secondary N) is 1. The molecule has 2 N–H and O–H groups in total. The Balaban J connectivity index is 3.53. The summed E-state index contributed by atoms with van der Waals surface area (Å²) in [4.78, 5) is 2.27. The summed E-state index contributed by atoms with van der Waals surface area (Å²) < 4.78 is 0. The molecule has 0 aromatic heterocycles. The second kappa shape index (κ2) is 7.53. The highest BCUT2D eigenvalue weighted by atomic mass is 16.3. The maximum atomic E-state index is 8.75. The van der Waals surface area contributed by atoms with Crippen molar-refractivity contribution in [2.24, 2.45) is 5.92 Å². The van der Waals surface area contributed by atoms with Gasteiger partial charge in [-0.2, -0.15) is 0 Å². The van der Waals surface area contributed by atoms with Crippen LogP contribution in [0.3, 0.4) is 0 Å². The average molecular weight is 174 g/mol. The van der Waals surface area contributed by atoms with E-state index in [1.54, 1.807) is 0 Å². The van der Waals surface area contributed by atoms with Crippen molar-refractivity contribution >= 4 is 0 Å². The van der Waals surface area contributed by atoms with Crippen molar-refractivity contribution in [2.75, 3.05) is 39.8 Å². The molecule has 1 unspecified atom stereocenters. The number of likely N-dealkylation sites (N-methyl/N-ethyl adjacent to an activating group) is 1. The minimum absolute atomic E-state index is 0.264. The molecule has 0 aliphatic rings. The fraction of sp³-hybridized carbons (Fsp3) is 1.00. The van der Waals surface area contributed by atoms with Crippen molar-refractivity contribution in [3.05, 3.63) is 0 Å². The third-order valence-electron chi connectivity index (χ3n) is 1.99. The lowest BCUT2D eigenvalue weighted by Gasteiger charge is -2.23. The van der Waals surface area contributed by atoms with E-state index in [9.17, 15) is 0 Å². The van der Waals surface area contributed by atoms with Crippen LogP contribution in [0.1, 0.15) is 13.8 Å². The van der Waals surface area contributed by atoms with Crippen LogP contribution in [-0.4, -0.2) is 49.8 Å². The zero-order valence-electron chi connectivity index (χ0n) is 8.51. The Morgan fingerprint density at radius 3 is 2.58 bits per heavy atom. The van der Waals surface area contributed by atoms with E-state index in [0.29, 0.717) is 5.92 Å². The van der Waals surface area contributed by atoms with E-state index >= 15 is 0 Å².